The van der Waals surface area contributed by atoms with Gasteiger partial charge in [-0.1, -0.05) is 20.8 Å². The third-order valence-corrected chi connectivity index (χ3v) is 3.46. The average molecular weight is 215 g/mol. The van der Waals surface area contributed by atoms with Crippen LogP contribution in [0.15, 0.2) is 0 Å². The Labute approximate surface area is 93.8 Å². The number of hydrogen-bond donors (Lipinski definition) is 0. The Hall–Kier alpha value is -0.570. The fourth-order valence-electron chi connectivity index (χ4n) is 1.93. The summed E-state index contributed by atoms with van der Waals surface area (Å²) >= 11 is 0. The van der Waals surface area contributed by atoms with Crippen LogP contribution in [-0.4, -0.2) is 37.1 Å². The highest BCUT2D eigenvalue weighted by molar-refractivity contribution is 5.72. The van der Waals surface area contributed by atoms with Crippen molar-refractivity contribution in [2.24, 2.45) is 5.92 Å². The molecule has 0 aromatic heterocycles. The van der Waals surface area contributed by atoms with Crippen molar-refractivity contribution in [3.05, 3.63) is 0 Å². The molecule has 3 heteroatoms. The summed E-state index contributed by atoms with van der Waals surface area (Å²) in [5.41, 5.74) is 0. The van der Waals surface area contributed by atoms with Crippen LogP contribution in [0.5, 0.6) is 0 Å². The van der Waals surface area contributed by atoms with Crippen LogP contribution < -0.4 is 0 Å². The Morgan fingerprint density at radius 1 is 1.27 bits per heavy atom. The van der Waals surface area contributed by atoms with Crippen LogP contribution in [-0.2, 0) is 9.53 Å². The van der Waals surface area contributed by atoms with Crippen LogP contribution >= 0.6 is 0 Å². The minimum Gasteiger partial charge on any atom is -0.469 e. The first-order valence-electron chi connectivity index (χ1n) is 5.79. The average Bonchev–Trinajstić information content (AvgIpc) is 2.27. The van der Waals surface area contributed by atoms with Crippen LogP contribution in [0, 0.1) is 5.92 Å². The van der Waals surface area contributed by atoms with E-state index in [0.29, 0.717) is 6.04 Å². The molecule has 0 aromatic rings. The van der Waals surface area contributed by atoms with Gasteiger partial charge in [0.15, 0.2) is 0 Å². The van der Waals surface area contributed by atoms with E-state index >= 15 is 0 Å². The summed E-state index contributed by atoms with van der Waals surface area (Å²) in [7, 11) is 3.53. The Kier molecular flexibility index (Phi) is 6.57. The second-order valence-corrected chi connectivity index (χ2v) is 4.19. The van der Waals surface area contributed by atoms with Crippen LogP contribution in [0.4, 0.5) is 0 Å². The molecule has 0 N–H and O–H groups in total. The zero-order valence-electron chi connectivity index (χ0n) is 10.9. The molecule has 0 fully saturated rings. The largest absolute Gasteiger partial charge is 0.469 e. The van der Waals surface area contributed by atoms with E-state index in [1.54, 1.807) is 0 Å². The van der Waals surface area contributed by atoms with Crippen LogP contribution in [0.25, 0.3) is 0 Å². The van der Waals surface area contributed by atoms with Crippen molar-refractivity contribution >= 4 is 5.97 Å². The van der Waals surface area contributed by atoms with E-state index in [0.717, 1.165) is 12.8 Å². The second kappa shape index (κ2) is 6.83. The lowest BCUT2D eigenvalue weighted by Crippen LogP contribution is -2.43. The molecule has 2 atom stereocenters. The monoisotopic (exact) mass is 215 g/mol. The molecule has 3 nitrogen and oxygen atoms in total. The number of esters is 1. The first-order chi connectivity index (χ1) is 6.99. The predicted octanol–water partition coefficient (Wildman–Crippen LogP) is 2.30. The number of hydrogen-bond acceptors (Lipinski definition) is 3. The third kappa shape index (κ3) is 3.82. The summed E-state index contributed by atoms with van der Waals surface area (Å²) in [6.45, 7) is 8.37. The Bertz CT molecular complexity index is 190. The lowest BCUT2D eigenvalue weighted by Gasteiger charge is -2.34. The number of carbonyl (C=O) groups is 1. The minimum atomic E-state index is -0.125. The Morgan fingerprint density at radius 2 is 1.73 bits per heavy atom. The van der Waals surface area contributed by atoms with Gasteiger partial charge in [-0.2, -0.15) is 0 Å². The smallest absolute Gasteiger partial charge is 0.309 e. The molecule has 0 aliphatic heterocycles. The van der Waals surface area contributed by atoms with E-state index < -0.39 is 0 Å². The van der Waals surface area contributed by atoms with E-state index in [2.05, 4.69) is 32.7 Å². The van der Waals surface area contributed by atoms with Crippen molar-refractivity contribution in [3.63, 3.8) is 0 Å². The predicted molar refractivity (Wildman–Crippen MR) is 62.8 cm³/mol. The first-order valence-corrected chi connectivity index (χ1v) is 5.79. The maximum Gasteiger partial charge on any atom is 0.309 e. The Morgan fingerprint density at radius 3 is 2.07 bits per heavy atom. The number of nitrogens with zero attached hydrogens (tertiary/aromatic N) is 1. The van der Waals surface area contributed by atoms with Gasteiger partial charge in [0, 0.05) is 12.1 Å². The zero-order chi connectivity index (χ0) is 12.0. The topological polar surface area (TPSA) is 29.5 Å². The van der Waals surface area contributed by atoms with Gasteiger partial charge in [-0.05, 0) is 26.8 Å². The molecule has 0 spiro atoms. The molecule has 0 radical (unpaired) electrons. The van der Waals surface area contributed by atoms with Crippen molar-refractivity contribution in [1.82, 2.24) is 4.90 Å². The molecule has 0 rings (SSSR count). The standard InChI is InChI=1S/C12H25NO2/c1-7-11(8-2)13(5)10(4)9(3)12(14)15-6/h9-11H,7-8H2,1-6H3. The highest BCUT2D eigenvalue weighted by Crippen LogP contribution is 2.16. The fourth-order valence-corrected chi connectivity index (χ4v) is 1.93. The molecule has 0 heterocycles. The Balaban J connectivity index is 4.41. The summed E-state index contributed by atoms with van der Waals surface area (Å²) in [5.74, 6) is -0.194. The van der Waals surface area contributed by atoms with Crippen LogP contribution in [0.3, 0.4) is 0 Å². The molecule has 2 unspecified atom stereocenters. The van der Waals surface area contributed by atoms with Crippen LogP contribution in [0.2, 0.25) is 0 Å². The van der Waals surface area contributed by atoms with Gasteiger partial charge < -0.3 is 4.74 Å². The molecule has 0 aromatic carbocycles. The van der Waals surface area contributed by atoms with Crippen LogP contribution in [0.1, 0.15) is 40.5 Å². The third-order valence-electron chi connectivity index (χ3n) is 3.46. The van der Waals surface area contributed by atoms with E-state index in [4.69, 9.17) is 4.74 Å². The molecule has 0 aliphatic carbocycles. The number of carbonyl (C=O) groups excluding carboxylic acids is 1. The SMILES string of the molecule is CCC(CC)N(C)C(C)C(C)C(=O)OC. The van der Waals surface area contributed by atoms with Gasteiger partial charge in [-0.3, -0.25) is 9.69 Å². The van der Waals surface area contributed by atoms with E-state index in [-0.39, 0.29) is 17.9 Å². The molecule has 90 valence electrons. The number of rotatable bonds is 6. The van der Waals surface area contributed by atoms with Gasteiger partial charge in [0.2, 0.25) is 0 Å². The lowest BCUT2D eigenvalue weighted by atomic mass is 9.99. The summed E-state index contributed by atoms with van der Waals surface area (Å²) in [6.07, 6.45) is 2.23. The normalized spacial score (nSPS) is 15.5. The van der Waals surface area contributed by atoms with Crippen molar-refractivity contribution < 1.29 is 9.53 Å². The quantitative estimate of drug-likeness (QED) is 0.637. The molecular weight excluding hydrogens is 190 g/mol. The van der Waals surface area contributed by atoms with Gasteiger partial charge in [-0.25, -0.2) is 0 Å². The number of ether oxygens (including phenoxy) is 1. The molecule has 0 amide bonds. The summed E-state index contributed by atoms with van der Waals surface area (Å²) in [5, 5.41) is 0. The van der Waals surface area contributed by atoms with Gasteiger partial charge in [0.25, 0.3) is 0 Å². The molecule has 0 saturated carbocycles. The van der Waals surface area contributed by atoms with E-state index in [1.165, 1.54) is 7.11 Å². The maximum atomic E-state index is 11.4. The molecule has 0 aliphatic rings. The highest BCUT2D eigenvalue weighted by atomic mass is 16.5. The minimum absolute atomic E-state index is 0.0689. The van der Waals surface area contributed by atoms with Gasteiger partial charge in [0.1, 0.15) is 0 Å². The maximum absolute atomic E-state index is 11.4. The lowest BCUT2D eigenvalue weighted by molar-refractivity contribution is -0.147. The summed E-state index contributed by atoms with van der Waals surface area (Å²) in [6, 6.07) is 0.773. The first kappa shape index (κ1) is 14.4. The van der Waals surface area contributed by atoms with Crippen molar-refractivity contribution in [2.45, 2.75) is 52.6 Å². The molecular formula is C12H25NO2. The van der Waals surface area contributed by atoms with Crippen molar-refractivity contribution in [1.29, 1.82) is 0 Å². The second-order valence-electron chi connectivity index (χ2n) is 4.19. The van der Waals surface area contributed by atoms with E-state index in [9.17, 15) is 4.79 Å². The highest BCUT2D eigenvalue weighted by Gasteiger charge is 2.26. The van der Waals surface area contributed by atoms with Gasteiger partial charge in [0.05, 0.1) is 13.0 Å². The molecule has 0 bridgehead atoms. The van der Waals surface area contributed by atoms with Crippen molar-refractivity contribution in [2.75, 3.05) is 14.2 Å². The summed E-state index contributed by atoms with van der Waals surface area (Å²) < 4.78 is 4.76. The summed E-state index contributed by atoms with van der Waals surface area (Å²) in [4.78, 5) is 13.7. The molecule has 0 saturated heterocycles. The van der Waals surface area contributed by atoms with Crippen molar-refractivity contribution in [3.8, 4) is 0 Å². The molecule has 15 heavy (non-hydrogen) atoms. The van der Waals surface area contributed by atoms with Gasteiger partial charge >= 0.3 is 5.97 Å². The van der Waals surface area contributed by atoms with Gasteiger partial charge in [-0.15, -0.1) is 0 Å². The van der Waals surface area contributed by atoms with E-state index in [1.807, 2.05) is 6.92 Å². The number of methoxy groups -OCH3 is 1. The zero-order valence-corrected chi connectivity index (χ0v) is 10.9. The fraction of sp³-hybridized carbons (Fsp3) is 0.917.